The maximum atomic E-state index is 12.5. The number of aromatic nitrogens is 2. The van der Waals surface area contributed by atoms with Crippen molar-refractivity contribution >= 4 is 37.8 Å². The lowest BCUT2D eigenvalue weighted by Crippen LogP contribution is -2.48. The van der Waals surface area contributed by atoms with E-state index in [4.69, 9.17) is 5.73 Å². The van der Waals surface area contributed by atoms with Crippen LogP contribution in [0.5, 0.6) is 0 Å². The highest BCUT2D eigenvalue weighted by Gasteiger charge is 2.30. The SMILES string of the molecule is Cc1nc(S(=O)(=O)N2CCN(Cc3cnc(N)s3)CC2)cs1. The monoisotopic (exact) mass is 359 g/mol. The fourth-order valence-corrected chi connectivity index (χ4v) is 5.39. The first-order valence-electron chi connectivity index (χ1n) is 6.80. The van der Waals surface area contributed by atoms with E-state index in [0.717, 1.165) is 16.4 Å². The summed E-state index contributed by atoms with van der Waals surface area (Å²) in [5.41, 5.74) is 5.62. The highest BCUT2D eigenvalue weighted by Crippen LogP contribution is 2.21. The van der Waals surface area contributed by atoms with Crippen LogP contribution in [-0.2, 0) is 16.6 Å². The van der Waals surface area contributed by atoms with E-state index in [2.05, 4.69) is 14.9 Å². The van der Waals surface area contributed by atoms with Crippen molar-refractivity contribution in [3.63, 3.8) is 0 Å². The lowest BCUT2D eigenvalue weighted by Gasteiger charge is -2.33. The van der Waals surface area contributed by atoms with Crippen LogP contribution in [0, 0.1) is 6.92 Å². The minimum Gasteiger partial charge on any atom is -0.375 e. The molecule has 10 heteroatoms. The topological polar surface area (TPSA) is 92.4 Å². The van der Waals surface area contributed by atoms with E-state index in [-0.39, 0.29) is 5.03 Å². The van der Waals surface area contributed by atoms with Gasteiger partial charge in [-0.2, -0.15) is 4.31 Å². The van der Waals surface area contributed by atoms with Crippen molar-refractivity contribution in [2.75, 3.05) is 31.9 Å². The summed E-state index contributed by atoms with van der Waals surface area (Å²) in [5, 5.41) is 3.10. The molecule has 2 N–H and O–H groups in total. The second-order valence-corrected chi connectivity index (χ2v) is 9.14. The van der Waals surface area contributed by atoms with Gasteiger partial charge in [0.25, 0.3) is 10.0 Å². The zero-order valence-corrected chi connectivity index (χ0v) is 14.5. The fraction of sp³-hybridized carbons (Fsp3) is 0.500. The van der Waals surface area contributed by atoms with Crippen LogP contribution in [0.25, 0.3) is 0 Å². The van der Waals surface area contributed by atoms with Crippen LogP contribution in [-0.4, -0.2) is 53.8 Å². The third kappa shape index (κ3) is 3.30. The highest BCUT2D eigenvalue weighted by atomic mass is 32.2. The molecule has 7 nitrogen and oxygen atoms in total. The van der Waals surface area contributed by atoms with E-state index in [9.17, 15) is 8.42 Å². The molecule has 0 bridgehead atoms. The summed E-state index contributed by atoms with van der Waals surface area (Å²) in [6.45, 7) is 4.92. The van der Waals surface area contributed by atoms with Crippen molar-refractivity contribution in [2.45, 2.75) is 18.5 Å². The maximum Gasteiger partial charge on any atom is 0.261 e. The molecule has 0 saturated carbocycles. The number of piperazine rings is 1. The number of nitrogens with zero attached hydrogens (tertiary/aromatic N) is 4. The molecule has 1 saturated heterocycles. The smallest absolute Gasteiger partial charge is 0.261 e. The van der Waals surface area contributed by atoms with Crippen molar-refractivity contribution in [1.82, 2.24) is 19.2 Å². The van der Waals surface area contributed by atoms with Gasteiger partial charge in [0.05, 0.1) is 5.01 Å². The molecule has 120 valence electrons. The Morgan fingerprint density at radius 3 is 2.59 bits per heavy atom. The predicted octanol–water partition coefficient (Wildman–Crippen LogP) is 0.997. The standard InChI is InChI=1S/C12H17N5O2S3/c1-9-15-11(8-20-9)22(18,19)17-4-2-16(3-5-17)7-10-6-14-12(13)21-10/h6,8H,2-5,7H2,1H3,(H2,13,14). The molecule has 0 amide bonds. The number of aryl methyl sites for hydroxylation is 1. The summed E-state index contributed by atoms with van der Waals surface area (Å²) >= 11 is 2.83. The van der Waals surface area contributed by atoms with Crippen LogP contribution >= 0.6 is 22.7 Å². The Hall–Kier alpha value is -1.07. The Morgan fingerprint density at radius 2 is 2.05 bits per heavy atom. The average Bonchev–Trinajstić information content (AvgIpc) is 3.09. The van der Waals surface area contributed by atoms with E-state index in [1.807, 2.05) is 6.92 Å². The molecule has 0 atom stereocenters. The number of sulfonamides is 1. The van der Waals surface area contributed by atoms with E-state index in [0.29, 0.717) is 31.3 Å². The van der Waals surface area contributed by atoms with Crippen molar-refractivity contribution < 1.29 is 8.42 Å². The molecule has 1 aliphatic rings. The van der Waals surface area contributed by atoms with Crippen molar-refractivity contribution in [3.8, 4) is 0 Å². The molecule has 3 rings (SSSR count). The first-order valence-corrected chi connectivity index (χ1v) is 9.93. The lowest BCUT2D eigenvalue weighted by molar-refractivity contribution is 0.182. The number of hydrogen-bond donors (Lipinski definition) is 1. The molecular weight excluding hydrogens is 342 g/mol. The van der Waals surface area contributed by atoms with Crippen LogP contribution in [0.15, 0.2) is 16.6 Å². The normalized spacial score (nSPS) is 17.9. The van der Waals surface area contributed by atoms with Crippen molar-refractivity contribution in [1.29, 1.82) is 0 Å². The third-order valence-corrected chi connectivity index (χ3v) is 7.00. The summed E-state index contributed by atoms with van der Waals surface area (Å²) in [6, 6.07) is 0. The van der Waals surface area contributed by atoms with E-state index in [1.54, 1.807) is 11.6 Å². The van der Waals surface area contributed by atoms with Gasteiger partial charge >= 0.3 is 0 Å². The van der Waals surface area contributed by atoms with Gasteiger partial charge in [0.15, 0.2) is 10.2 Å². The first kappa shape index (κ1) is 15.8. The maximum absolute atomic E-state index is 12.5. The molecule has 2 aromatic rings. The lowest BCUT2D eigenvalue weighted by atomic mass is 10.3. The van der Waals surface area contributed by atoms with Crippen molar-refractivity contribution in [3.05, 3.63) is 21.5 Å². The van der Waals surface area contributed by atoms with Crippen LogP contribution in [0.4, 0.5) is 5.13 Å². The summed E-state index contributed by atoms with van der Waals surface area (Å²) < 4.78 is 26.5. The molecular formula is C12H17N5O2S3. The van der Waals surface area contributed by atoms with Crippen LogP contribution < -0.4 is 5.73 Å². The molecule has 22 heavy (non-hydrogen) atoms. The number of hydrogen-bond acceptors (Lipinski definition) is 8. The molecule has 3 heterocycles. The van der Waals surface area contributed by atoms with Gasteiger partial charge in [0, 0.05) is 49.2 Å². The molecule has 0 unspecified atom stereocenters. The Bertz CT molecular complexity index is 746. The van der Waals surface area contributed by atoms with Gasteiger partial charge in [-0.15, -0.1) is 22.7 Å². The van der Waals surface area contributed by atoms with Gasteiger partial charge in [0.2, 0.25) is 0 Å². The first-order chi connectivity index (χ1) is 10.4. The van der Waals surface area contributed by atoms with Crippen molar-refractivity contribution in [2.24, 2.45) is 0 Å². The van der Waals surface area contributed by atoms with Gasteiger partial charge in [-0.05, 0) is 6.92 Å². The Morgan fingerprint density at radius 1 is 1.32 bits per heavy atom. The molecule has 1 fully saturated rings. The molecule has 0 aliphatic carbocycles. The zero-order valence-electron chi connectivity index (χ0n) is 12.1. The molecule has 1 aliphatic heterocycles. The molecule has 0 spiro atoms. The Kier molecular flexibility index (Phi) is 4.46. The minimum atomic E-state index is -3.46. The van der Waals surface area contributed by atoms with Gasteiger partial charge in [0.1, 0.15) is 0 Å². The molecule has 2 aromatic heterocycles. The van der Waals surface area contributed by atoms with E-state index < -0.39 is 10.0 Å². The van der Waals surface area contributed by atoms with Crippen LogP contribution in [0.3, 0.4) is 0 Å². The van der Waals surface area contributed by atoms with Gasteiger partial charge in [-0.25, -0.2) is 18.4 Å². The third-order valence-electron chi connectivity index (χ3n) is 3.48. The summed E-state index contributed by atoms with van der Waals surface area (Å²) in [7, 11) is -3.46. The van der Waals surface area contributed by atoms with E-state index >= 15 is 0 Å². The Labute approximate surface area is 137 Å². The summed E-state index contributed by atoms with van der Waals surface area (Å²) in [5.74, 6) is 0. The predicted molar refractivity (Wildman–Crippen MR) is 87.4 cm³/mol. The van der Waals surface area contributed by atoms with Crippen LogP contribution in [0.1, 0.15) is 9.88 Å². The largest absolute Gasteiger partial charge is 0.375 e. The zero-order chi connectivity index (χ0) is 15.7. The van der Waals surface area contributed by atoms with Gasteiger partial charge in [-0.3, -0.25) is 4.90 Å². The number of nitrogen functional groups attached to an aromatic ring is 1. The Balaban J connectivity index is 1.61. The van der Waals surface area contributed by atoms with E-state index in [1.165, 1.54) is 27.0 Å². The molecule has 0 aromatic carbocycles. The highest BCUT2D eigenvalue weighted by molar-refractivity contribution is 7.89. The quantitative estimate of drug-likeness (QED) is 0.875. The van der Waals surface area contributed by atoms with Gasteiger partial charge in [-0.1, -0.05) is 0 Å². The second-order valence-electron chi connectivity index (χ2n) is 5.05. The number of rotatable bonds is 4. The summed E-state index contributed by atoms with van der Waals surface area (Å²) in [6.07, 6.45) is 1.78. The summed E-state index contributed by atoms with van der Waals surface area (Å²) in [4.78, 5) is 11.5. The number of anilines is 1. The second kappa shape index (κ2) is 6.20. The van der Waals surface area contributed by atoms with Gasteiger partial charge < -0.3 is 5.73 Å². The average molecular weight is 360 g/mol. The number of nitrogens with two attached hydrogens (primary N) is 1. The van der Waals surface area contributed by atoms with Crippen LogP contribution in [0.2, 0.25) is 0 Å². The fourth-order valence-electron chi connectivity index (χ4n) is 2.34. The number of thiazole rings is 2. The minimum absolute atomic E-state index is 0.165. The molecule has 0 radical (unpaired) electrons.